The number of non-ortho nitro benzene ring substituents is 1. The van der Waals surface area contributed by atoms with Crippen molar-refractivity contribution in [3.8, 4) is 0 Å². The molecule has 0 spiro atoms. The lowest BCUT2D eigenvalue weighted by Gasteiger charge is -2.09. The Hall–Kier alpha value is -2.54. The summed E-state index contributed by atoms with van der Waals surface area (Å²) in [4.78, 5) is 19.1. The Kier molecular flexibility index (Phi) is 3.49. The van der Waals surface area contributed by atoms with Crippen molar-refractivity contribution in [2.45, 2.75) is 13.5 Å². The highest BCUT2D eigenvalue weighted by Crippen LogP contribution is 2.31. The molecule has 3 aromatic rings. The topological polar surface area (TPSA) is 81.0 Å². The predicted octanol–water partition coefficient (Wildman–Crippen LogP) is 3.52. The third-order valence-electron chi connectivity index (χ3n) is 3.15. The van der Waals surface area contributed by atoms with Gasteiger partial charge in [0.2, 0.25) is 0 Å². The van der Waals surface area contributed by atoms with Crippen LogP contribution in [-0.4, -0.2) is 14.9 Å². The van der Waals surface area contributed by atoms with Crippen LogP contribution in [0.1, 0.15) is 11.4 Å². The number of aryl methyl sites for hydroxylation is 1. The zero-order valence-corrected chi connectivity index (χ0v) is 12.1. The molecule has 0 saturated carbocycles. The molecule has 1 aromatic carbocycles. The van der Waals surface area contributed by atoms with Crippen molar-refractivity contribution in [2.75, 3.05) is 5.32 Å². The molecular formula is C14H12N4O2S. The highest BCUT2D eigenvalue weighted by molar-refractivity contribution is 7.07. The molecule has 2 aromatic heterocycles. The highest BCUT2D eigenvalue weighted by Gasteiger charge is 2.15. The van der Waals surface area contributed by atoms with Crippen LogP contribution in [0.4, 0.5) is 11.4 Å². The Labute approximate surface area is 124 Å². The molecule has 6 nitrogen and oxygen atoms in total. The number of hydrogen-bond acceptors (Lipinski definition) is 6. The summed E-state index contributed by atoms with van der Waals surface area (Å²) in [5.41, 5.74) is 4.45. The minimum absolute atomic E-state index is 0.0664. The average Bonchev–Trinajstić information content (AvgIpc) is 2.97. The lowest BCUT2D eigenvalue weighted by Crippen LogP contribution is -2.01. The van der Waals surface area contributed by atoms with Gasteiger partial charge in [0.15, 0.2) is 0 Å². The number of thiazole rings is 1. The second-order valence-electron chi connectivity index (χ2n) is 4.59. The van der Waals surface area contributed by atoms with E-state index < -0.39 is 0 Å². The van der Waals surface area contributed by atoms with E-state index in [1.165, 1.54) is 17.4 Å². The van der Waals surface area contributed by atoms with Crippen molar-refractivity contribution in [3.05, 3.63) is 56.8 Å². The van der Waals surface area contributed by atoms with E-state index in [0.717, 1.165) is 22.5 Å². The Morgan fingerprint density at radius 1 is 1.33 bits per heavy atom. The second-order valence-corrected chi connectivity index (χ2v) is 5.31. The molecule has 0 saturated heterocycles. The maximum absolute atomic E-state index is 11.1. The standard InChI is InChI=1S/C14H12N4O2S/c1-9-4-11-12(6-15-9)14(18(19)20)3-2-13(11)16-5-10-7-21-8-17-10/h2-4,6-8,16H,5H2,1H3. The Morgan fingerprint density at radius 2 is 2.19 bits per heavy atom. The summed E-state index contributed by atoms with van der Waals surface area (Å²) in [5.74, 6) is 0. The molecule has 0 aliphatic rings. The first kappa shape index (κ1) is 13.4. The number of nitro groups is 1. The molecule has 0 radical (unpaired) electrons. The van der Waals surface area contributed by atoms with Crippen LogP contribution < -0.4 is 5.32 Å². The molecule has 0 atom stereocenters. The summed E-state index contributed by atoms with van der Waals surface area (Å²) >= 11 is 1.54. The Balaban J connectivity index is 2.04. The lowest BCUT2D eigenvalue weighted by molar-refractivity contribution is -0.383. The van der Waals surface area contributed by atoms with Gasteiger partial charge in [-0.2, -0.15) is 0 Å². The number of nitro benzene ring substituents is 1. The third kappa shape index (κ3) is 2.68. The number of anilines is 1. The van der Waals surface area contributed by atoms with Gasteiger partial charge in [-0.05, 0) is 19.1 Å². The van der Waals surface area contributed by atoms with Crippen molar-refractivity contribution in [2.24, 2.45) is 0 Å². The number of rotatable bonds is 4. The molecule has 0 aliphatic heterocycles. The van der Waals surface area contributed by atoms with Crippen molar-refractivity contribution in [1.82, 2.24) is 9.97 Å². The molecule has 21 heavy (non-hydrogen) atoms. The van der Waals surface area contributed by atoms with Crippen LogP contribution >= 0.6 is 11.3 Å². The van der Waals surface area contributed by atoms with Gasteiger partial charge >= 0.3 is 0 Å². The van der Waals surface area contributed by atoms with Crippen molar-refractivity contribution in [1.29, 1.82) is 0 Å². The molecule has 0 aliphatic carbocycles. The number of aromatic nitrogens is 2. The number of nitrogens with one attached hydrogen (secondary N) is 1. The lowest BCUT2D eigenvalue weighted by atomic mass is 10.1. The van der Waals surface area contributed by atoms with E-state index in [9.17, 15) is 10.1 Å². The third-order valence-corrected chi connectivity index (χ3v) is 3.79. The molecular weight excluding hydrogens is 288 g/mol. The van der Waals surface area contributed by atoms with Gasteiger partial charge in [-0.25, -0.2) is 4.98 Å². The van der Waals surface area contributed by atoms with E-state index in [2.05, 4.69) is 15.3 Å². The van der Waals surface area contributed by atoms with E-state index in [1.54, 1.807) is 17.8 Å². The van der Waals surface area contributed by atoms with Gasteiger partial charge in [0.25, 0.3) is 5.69 Å². The van der Waals surface area contributed by atoms with E-state index in [0.29, 0.717) is 11.9 Å². The van der Waals surface area contributed by atoms with E-state index >= 15 is 0 Å². The van der Waals surface area contributed by atoms with Crippen molar-refractivity contribution in [3.63, 3.8) is 0 Å². The Morgan fingerprint density at radius 3 is 2.90 bits per heavy atom. The first-order valence-electron chi connectivity index (χ1n) is 6.30. The maximum Gasteiger partial charge on any atom is 0.278 e. The average molecular weight is 300 g/mol. The molecule has 0 unspecified atom stereocenters. The maximum atomic E-state index is 11.1. The van der Waals surface area contributed by atoms with E-state index in [4.69, 9.17) is 0 Å². The summed E-state index contributed by atoms with van der Waals surface area (Å²) in [6.45, 7) is 2.44. The quantitative estimate of drug-likeness (QED) is 0.589. The van der Waals surface area contributed by atoms with Crippen LogP contribution in [0, 0.1) is 17.0 Å². The molecule has 2 heterocycles. The van der Waals surface area contributed by atoms with Crippen LogP contribution in [0.3, 0.4) is 0 Å². The number of pyridine rings is 1. The van der Waals surface area contributed by atoms with Gasteiger partial charge < -0.3 is 5.32 Å². The first-order valence-corrected chi connectivity index (χ1v) is 7.24. The number of fused-ring (bicyclic) bond motifs is 1. The van der Waals surface area contributed by atoms with Crippen molar-refractivity contribution < 1.29 is 4.92 Å². The van der Waals surface area contributed by atoms with Crippen molar-refractivity contribution >= 4 is 33.5 Å². The first-order chi connectivity index (χ1) is 10.1. The van der Waals surface area contributed by atoms with Gasteiger partial charge in [-0.1, -0.05) is 0 Å². The fourth-order valence-corrected chi connectivity index (χ4v) is 2.71. The minimum Gasteiger partial charge on any atom is -0.379 e. The molecule has 7 heteroatoms. The number of nitrogens with zero attached hydrogens (tertiary/aromatic N) is 3. The number of hydrogen-bond donors (Lipinski definition) is 1. The molecule has 1 N–H and O–H groups in total. The number of benzene rings is 1. The molecule has 0 amide bonds. The van der Waals surface area contributed by atoms with Gasteiger partial charge in [-0.3, -0.25) is 15.1 Å². The fraction of sp³-hybridized carbons (Fsp3) is 0.143. The Bertz CT molecular complexity index is 802. The predicted molar refractivity (Wildman–Crippen MR) is 82.6 cm³/mol. The van der Waals surface area contributed by atoms with Gasteiger partial charge in [0.05, 0.1) is 28.1 Å². The van der Waals surface area contributed by atoms with E-state index in [-0.39, 0.29) is 10.6 Å². The zero-order valence-electron chi connectivity index (χ0n) is 11.2. The SMILES string of the molecule is Cc1cc2c(NCc3cscn3)ccc([N+](=O)[O-])c2cn1. The zero-order chi connectivity index (χ0) is 14.8. The molecule has 106 valence electrons. The van der Waals surface area contributed by atoms with Crippen LogP contribution in [0.5, 0.6) is 0 Å². The summed E-state index contributed by atoms with van der Waals surface area (Å²) in [7, 11) is 0. The van der Waals surface area contributed by atoms with Crippen LogP contribution in [0.15, 0.2) is 35.3 Å². The van der Waals surface area contributed by atoms with Crippen LogP contribution in [-0.2, 0) is 6.54 Å². The fourth-order valence-electron chi connectivity index (χ4n) is 2.15. The summed E-state index contributed by atoms with van der Waals surface area (Å²) in [6.07, 6.45) is 1.55. The van der Waals surface area contributed by atoms with Gasteiger partial charge in [0, 0.05) is 34.4 Å². The molecule has 3 rings (SSSR count). The normalized spacial score (nSPS) is 10.7. The summed E-state index contributed by atoms with van der Waals surface area (Å²) < 4.78 is 0. The van der Waals surface area contributed by atoms with Crippen LogP contribution in [0.2, 0.25) is 0 Å². The van der Waals surface area contributed by atoms with Gasteiger partial charge in [0.1, 0.15) is 0 Å². The smallest absolute Gasteiger partial charge is 0.278 e. The largest absolute Gasteiger partial charge is 0.379 e. The monoisotopic (exact) mass is 300 g/mol. The summed E-state index contributed by atoms with van der Waals surface area (Å²) in [6, 6.07) is 5.08. The summed E-state index contributed by atoms with van der Waals surface area (Å²) in [5, 5.41) is 17.7. The van der Waals surface area contributed by atoms with Crippen LogP contribution in [0.25, 0.3) is 10.8 Å². The van der Waals surface area contributed by atoms with Gasteiger partial charge in [-0.15, -0.1) is 11.3 Å². The van der Waals surface area contributed by atoms with E-state index in [1.807, 2.05) is 18.4 Å². The molecule has 0 fully saturated rings. The second kappa shape index (κ2) is 5.45. The highest BCUT2D eigenvalue weighted by atomic mass is 32.1. The molecule has 0 bridgehead atoms. The minimum atomic E-state index is -0.385.